The van der Waals surface area contributed by atoms with Crippen molar-refractivity contribution in [3.63, 3.8) is 0 Å². The van der Waals surface area contributed by atoms with Gasteiger partial charge in [-0.15, -0.1) is 0 Å². The molecule has 0 aromatic heterocycles. The molecule has 1 unspecified atom stereocenters. The van der Waals surface area contributed by atoms with E-state index in [0.29, 0.717) is 6.04 Å². The van der Waals surface area contributed by atoms with E-state index in [4.69, 9.17) is 0 Å². The third kappa shape index (κ3) is 5.74. The molecule has 0 saturated carbocycles. The fourth-order valence-electron chi connectivity index (χ4n) is 2.99. The number of aryl methyl sites for hydroxylation is 1. The Hall–Kier alpha value is -1.20. The van der Waals surface area contributed by atoms with E-state index in [2.05, 4.69) is 58.0 Å². The Morgan fingerprint density at radius 1 is 1.22 bits per heavy atom. The maximum atomic E-state index is 4.33. The largest absolute Gasteiger partial charge is 0.356 e. The van der Waals surface area contributed by atoms with Crippen LogP contribution in [-0.2, 0) is 0 Å². The lowest BCUT2D eigenvalue weighted by atomic mass is 10.0. The fraction of sp³-hybridized carbons (Fsp3) is 0.611. The Labute approximate surface area is 145 Å². The van der Waals surface area contributed by atoms with Crippen molar-refractivity contribution in [1.29, 1.82) is 0 Å². The van der Waals surface area contributed by atoms with Crippen molar-refractivity contribution in [2.45, 2.75) is 25.8 Å². The molecule has 1 heterocycles. The lowest BCUT2D eigenvalue weighted by molar-refractivity contribution is 0.245. The highest BCUT2D eigenvalue weighted by molar-refractivity contribution is 7.98. The Morgan fingerprint density at radius 3 is 2.52 bits per heavy atom. The van der Waals surface area contributed by atoms with E-state index in [1.54, 1.807) is 0 Å². The lowest BCUT2D eigenvalue weighted by Crippen LogP contribution is -2.43. The minimum absolute atomic E-state index is 0.414. The normalized spacial score (nSPS) is 17.3. The summed E-state index contributed by atoms with van der Waals surface area (Å²) in [6.07, 6.45) is 4.74. The molecule has 1 aromatic carbocycles. The highest BCUT2D eigenvalue weighted by Crippen LogP contribution is 2.24. The summed E-state index contributed by atoms with van der Waals surface area (Å²) in [6, 6.07) is 9.37. The van der Waals surface area contributed by atoms with Gasteiger partial charge in [-0.3, -0.25) is 9.89 Å². The van der Waals surface area contributed by atoms with Crippen LogP contribution in [0.3, 0.4) is 0 Å². The van der Waals surface area contributed by atoms with E-state index in [0.717, 1.165) is 24.8 Å². The van der Waals surface area contributed by atoms with Gasteiger partial charge in [0.1, 0.15) is 0 Å². The van der Waals surface area contributed by atoms with Crippen molar-refractivity contribution >= 4 is 17.7 Å². The van der Waals surface area contributed by atoms with E-state index in [-0.39, 0.29) is 0 Å². The maximum Gasteiger partial charge on any atom is 0.191 e. The second-order valence-corrected chi connectivity index (χ2v) is 7.03. The highest BCUT2D eigenvalue weighted by atomic mass is 32.2. The molecule has 1 atom stereocenters. The minimum Gasteiger partial charge on any atom is -0.356 e. The smallest absolute Gasteiger partial charge is 0.191 e. The van der Waals surface area contributed by atoms with E-state index in [9.17, 15) is 0 Å². The zero-order chi connectivity index (χ0) is 16.5. The molecule has 5 heteroatoms. The first-order chi connectivity index (χ1) is 11.2. The van der Waals surface area contributed by atoms with Gasteiger partial charge in [0, 0.05) is 25.9 Å². The SMILES string of the molecule is CN=C(NCCSC)NCC(c1ccc(C)cc1)N1CCCC1. The van der Waals surface area contributed by atoms with Gasteiger partial charge in [-0.05, 0) is 44.7 Å². The standard InChI is InChI=1S/C18H30N4S/c1-15-6-8-16(9-7-15)17(22-11-4-5-12-22)14-21-18(19-2)20-10-13-23-3/h6-9,17H,4-5,10-14H2,1-3H3,(H2,19,20,21). The number of hydrogen-bond donors (Lipinski definition) is 2. The van der Waals surface area contributed by atoms with Gasteiger partial charge in [0.2, 0.25) is 0 Å². The number of aliphatic imine (C=N–C) groups is 1. The van der Waals surface area contributed by atoms with Crippen molar-refractivity contribution in [3.8, 4) is 0 Å². The van der Waals surface area contributed by atoms with Gasteiger partial charge in [0.15, 0.2) is 5.96 Å². The summed E-state index contributed by atoms with van der Waals surface area (Å²) in [5.74, 6) is 1.99. The van der Waals surface area contributed by atoms with Gasteiger partial charge < -0.3 is 10.6 Å². The molecule has 4 nitrogen and oxygen atoms in total. The summed E-state index contributed by atoms with van der Waals surface area (Å²) in [4.78, 5) is 6.92. The van der Waals surface area contributed by atoms with Crippen LogP contribution in [0.4, 0.5) is 0 Å². The highest BCUT2D eigenvalue weighted by Gasteiger charge is 2.23. The Bertz CT molecular complexity index is 480. The van der Waals surface area contributed by atoms with Gasteiger partial charge >= 0.3 is 0 Å². The van der Waals surface area contributed by atoms with Gasteiger partial charge in [-0.1, -0.05) is 29.8 Å². The number of thioether (sulfide) groups is 1. The van der Waals surface area contributed by atoms with Gasteiger partial charge in [-0.25, -0.2) is 0 Å². The summed E-state index contributed by atoms with van der Waals surface area (Å²) in [5.41, 5.74) is 2.71. The first kappa shape index (κ1) is 18.1. The van der Waals surface area contributed by atoms with E-state index < -0.39 is 0 Å². The predicted octanol–water partition coefficient (Wildman–Crippen LogP) is 2.66. The zero-order valence-electron chi connectivity index (χ0n) is 14.6. The molecule has 2 rings (SSSR count). The molecule has 1 aliphatic rings. The molecular weight excluding hydrogens is 304 g/mol. The van der Waals surface area contributed by atoms with Crippen LogP contribution in [-0.4, -0.2) is 56.1 Å². The third-order valence-corrected chi connectivity index (χ3v) is 4.94. The van der Waals surface area contributed by atoms with Crippen LogP contribution < -0.4 is 10.6 Å². The van der Waals surface area contributed by atoms with Gasteiger partial charge in [-0.2, -0.15) is 11.8 Å². The summed E-state index contributed by atoms with van der Waals surface area (Å²) >= 11 is 1.84. The van der Waals surface area contributed by atoms with Crippen LogP contribution in [0.25, 0.3) is 0 Å². The molecular formula is C18H30N4S. The molecule has 1 aliphatic heterocycles. The Kier molecular flexibility index (Phi) is 7.76. The zero-order valence-corrected chi connectivity index (χ0v) is 15.5. The van der Waals surface area contributed by atoms with Crippen LogP contribution in [0.1, 0.15) is 30.0 Å². The predicted molar refractivity (Wildman–Crippen MR) is 102 cm³/mol. The number of guanidine groups is 1. The van der Waals surface area contributed by atoms with Crippen LogP contribution in [0.5, 0.6) is 0 Å². The van der Waals surface area contributed by atoms with E-state index in [1.807, 2.05) is 18.8 Å². The van der Waals surface area contributed by atoms with Gasteiger partial charge in [0.25, 0.3) is 0 Å². The van der Waals surface area contributed by atoms with E-state index in [1.165, 1.54) is 37.1 Å². The molecule has 128 valence electrons. The van der Waals surface area contributed by atoms with Crippen LogP contribution in [0.15, 0.2) is 29.3 Å². The quantitative estimate of drug-likeness (QED) is 0.457. The first-order valence-electron chi connectivity index (χ1n) is 8.48. The van der Waals surface area contributed by atoms with Crippen LogP contribution in [0.2, 0.25) is 0 Å². The monoisotopic (exact) mass is 334 g/mol. The Morgan fingerprint density at radius 2 is 1.91 bits per heavy atom. The van der Waals surface area contributed by atoms with Crippen molar-refractivity contribution in [2.24, 2.45) is 4.99 Å². The summed E-state index contributed by atoms with van der Waals surface area (Å²) in [6.45, 7) is 6.36. The molecule has 1 saturated heterocycles. The van der Waals surface area contributed by atoms with Crippen molar-refractivity contribution in [2.75, 3.05) is 45.2 Å². The second kappa shape index (κ2) is 9.83. The number of benzene rings is 1. The van der Waals surface area contributed by atoms with Crippen LogP contribution >= 0.6 is 11.8 Å². The number of rotatable bonds is 7. The van der Waals surface area contributed by atoms with Crippen molar-refractivity contribution in [3.05, 3.63) is 35.4 Å². The average molecular weight is 335 g/mol. The molecule has 1 aromatic rings. The lowest BCUT2D eigenvalue weighted by Gasteiger charge is -2.29. The molecule has 0 spiro atoms. The topological polar surface area (TPSA) is 39.7 Å². The Balaban J connectivity index is 1.98. The molecule has 1 fully saturated rings. The number of nitrogens with one attached hydrogen (secondary N) is 2. The molecule has 0 radical (unpaired) electrons. The van der Waals surface area contributed by atoms with E-state index >= 15 is 0 Å². The third-order valence-electron chi connectivity index (χ3n) is 4.33. The number of likely N-dealkylation sites (tertiary alicyclic amines) is 1. The van der Waals surface area contributed by atoms with Crippen LogP contribution in [0, 0.1) is 6.92 Å². The maximum absolute atomic E-state index is 4.33. The molecule has 0 aliphatic carbocycles. The van der Waals surface area contributed by atoms with Crippen molar-refractivity contribution < 1.29 is 0 Å². The fourth-order valence-corrected chi connectivity index (χ4v) is 3.29. The number of hydrogen-bond acceptors (Lipinski definition) is 3. The molecule has 2 N–H and O–H groups in total. The summed E-state index contributed by atoms with van der Waals surface area (Å²) in [7, 11) is 1.84. The summed E-state index contributed by atoms with van der Waals surface area (Å²) in [5, 5.41) is 6.88. The summed E-state index contributed by atoms with van der Waals surface area (Å²) < 4.78 is 0. The molecule has 0 bridgehead atoms. The first-order valence-corrected chi connectivity index (χ1v) is 9.88. The van der Waals surface area contributed by atoms with Gasteiger partial charge in [0.05, 0.1) is 6.04 Å². The average Bonchev–Trinajstić information content (AvgIpc) is 3.09. The molecule has 23 heavy (non-hydrogen) atoms. The number of nitrogens with zero attached hydrogens (tertiary/aromatic N) is 2. The minimum atomic E-state index is 0.414. The van der Waals surface area contributed by atoms with Crippen molar-refractivity contribution in [1.82, 2.24) is 15.5 Å². The second-order valence-electron chi connectivity index (χ2n) is 6.04. The molecule has 0 amide bonds.